The number of aliphatic imine (C=N–C) groups is 1. The maximum Gasteiger partial charge on any atom is 0.416 e. The molecule has 1 aromatic heterocycles. The molecule has 132 valence electrons. The Kier molecular flexibility index (Phi) is 4.57. The number of non-ortho nitro benzene ring substituents is 1. The predicted molar refractivity (Wildman–Crippen MR) is 89.5 cm³/mol. The van der Waals surface area contributed by atoms with E-state index in [9.17, 15) is 23.3 Å². The van der Waals surface area contributed by atoms with Crippen LogP contribution in [0.3, 0.4) is 0 Å². The van der Waals surface area contributed by atoms with Gasteiger partial charge >= 0.3 is 6.18 Å². The van der Waals surface area contributed by atoms with Crippen molar-refractivity contribution in [3.8, 4) is 11.3 Å². The number of nitrogens with zero attached hydrogens (tertiary/aromatic N) is 2. The number of hydrogen-bond acceptors (Lipinski definition) is 4. The van der Waals surface area contributed by atoms with E-state index in [-0.39, 0.29) is 11.4 Å². The van der Waals surface area contributed by atoms with Crippen molar-refractivity contribution in [1.29, 1.82) is 0 Å². The SMILES string of the molecule is O=[N+]([O-])c1cccc(-c2ccc(C=Nc3cccc(C(F)(F)F)c3)o2)c1. The Bertz CT molecular complexity index is 978. The van der Waals surface area contributed by atoms with Gasteiger partial charge in [-0.05, 0) is 30.3 Å². The lowest BCUT2D eigenvalue weighted by atomic mass is 10.1. The lowest BCUT2D eigenvalue weighted by molar-refractivity contribution is -0.384. The van der Waals surface area contributed by atoms with Crippen LogP contribution in [0.1, 0.15) is 11.3 Å². The first-order valence-corrected chi connectivity index (χ1v) is 7.39. The molecule has 2 aromatic carbocycles. The molecule has 1 heterocycles. The Labute approximate surface area is 145 Å². The van der Waals surface area contributed by atoms with E-state index in [1.165, 1.54) is 36.5 Å². The molecule has 3 rings (SSSR count). The average Bonchev–Trinajstić information content (AvgIpc) is 3.09. The van der Waals surface area contributed by atoms with E-state index in [4.69, 9.17) is 4.42 Å². The minimum Gasteiger partial charge on any atom is -0.455 e. The topological polar surface area (TPSA) is 68.6 Å². The number of benzene rings is 2. The van der Waals surface area contributed by atoms with Crippen LogP contribution in [0, 0.1) is 10.1 Å². The lowest BCUT2D eigenvalue weighted by Crippen LogP contribution is -2.03. The normalized spacial score (nSPS) is 11.8. The van der Waals surface area contributed by atoms with Crippen molar-refractivity contribution in [3.05, 3.63) is 82.1 Å². The molecule has 0 radical (unpaired) electrons. The molecule has 0 aliphatic carbocycles. The molecule has 0 atom stereocenters. The summed E-state index contributed by atoms with van der Waals surface area (Å²) < 4.78 is 43.6. The molecule has 0 fully saturated rings. The molecule has 0 N–H and O–H groups in total. The quantitative estimate of drug-likeness (QED) is 0.344. The van der Waals surface area contributed by atoms with Gasteiger partial charge in [0.25, 0.3) is 5.69 Å². The zero-order valence-electron chi connectivity index (χ0n) is 13.1. The van der Waals surface area contributed by atoms with Crippen LogP contribution in [0.15, 0.2) is 70.1 Å². The van der Waals surface area contributed by atoms with Gasteiger partial charge in [-0.1, -0.05) is 18.2 Å². The van der Waals surface area contributed by atoms with Crippen molar-refractivity contribution in [2.75, 3.05) is 0 Å². The van der Waals surface area contributed by atoms with Gasteiger partial charge in [0.1, 0.15) is 11.5 Å². The zero-order valence-corrected chi connectivity index (χ0v) is 13.1. The van der Waals surface area contributed by atoms with Gasteiger partial charge in [-0.3, -0.25) is 15.1 Å². The van der Waals surface area contributed by atoms with E-state index in [2.05, 4.69) is 4.99 Å². The van der Waals surface area contributed by atoms with Crippen molar-refractivity contribution < 1.29 is 22.5 Å². The van der Waals surface area contributed by atoms with Crippen LogP contribution in [0.25, 0.3) is 11.3 Å². The maximum absolute atomic E-state index is 12.7. The highest BCUT2D eigenvalue weighted by Crippen LogP contribution is 2.31. The fourth-order valence-electron chi connectivity index (χ4n) is 2.25. The fraction of sp³-hybridized carbons (Fsp3) is 0.0556. The van der Waals surface area contributed by atoms with Crippen LogP contribution in [-0.4, -0.2) is 11.1 Å². The Hall–Kier alpha value is -3.42. The van der Waals surface area contributed by atoms with Gasteiger partial charge in [-0.25, -0.2) is 0 Å². The number of rotatable bonds is 4. The number of nitro groups is 1. The number of halogens is 3. The maximum atomic E-state index is 12.7. The Morgan fingerprint density at radius 2 is 1.81 bits per heavy atom. The first-order valence-electron chi connectivity index (χ1n) is 7.39. The van der Waals surface area contributed by atoms with E-state index in [1.54, 1.807) is 18.2 Å². The Balaban J connectivity index is 1.82. The summed E-state index contributed by atoms with van der Waals surface area (Å²) in [7, 11) is 0. The highest BCUT2D eigenvalue weighted by Gasteiger charge is 2.30. The summed E-state index contributed by atoms with van der Waals surface area (Å²) in [6.07, 6.45) is -3.15. The summed E-state index contributed by atoms with van der Waals surface area (Å²) >= 11 is 0. The second kappa shape index (κ2) is 6.83. The van der Waals surface area contributed by atoms with Gasteiger partial charge in [-0.15, -0.1) is 0 Å². The van der Waals surface area contributed by atoms with Crippen LogP contribution >= 0.6 is 0 Å². The summed E-state index contributed by atoms with van der Waals surface area (Å²) in [6, 6.07) is 13.7. The Morgan fingerprint density at radius 1 is 1.04 bits per heavy atom. The third-order valence-electron chi connectivity index (χ3n) is 3.48. The monoisotopic (exact) mass is 360 g/mol. The molecule has 26 heavy (non-hydrogen) atoms. The summed E-state index contributed by atoms with van der Waals surface area (Å²) in [5.41, 5.74) is -0.215. The molecule has 0 bridgehead atoms. The van der Waals surface area contributed by atoms with Crippen LogP contribution in [-0.2, 0) is 6.18 Å². The first kappa shape index (κ1) is 17.4. The average molecular weight is 360 g/mol. The fourth-order valence-corrected chi connectivity index (χ4v) is 2.25. The number of nitro benzene ring substituents is 1. The van der Waals surface area contributed by atoms with Crippen LogP contribution in [0.2, 0.25) is 0 Å². The van der Waals surface area contributed by atoms with Gasteiger partial charge < -0.3 is 4.42 Å². The van der Waals surface area contributed by atoms with Gasteiger partial charge in [-0.2, -0.15) is 13.2 Å². The minimum absolute atomic E-state index is 0.0712. The summed E-state index contributed by atoms with van der Waals surface area (Å²) in [5.74, 6) is 0.697. The smallest absolute Gasteiger partial charge is 0.416 e. The van der Waals surface area contributed by atoms with Crippen LogP contribution in [0.4, 0.5) is 24.5 Å². The van der Waals surface area contributed by atoms with Crippen LogP contribution < -0.4 is 0 Å². The van der Waals surface area contributed by atoms with Gasteiger partial charge in [0.05, 0.1) is 22.4 Å². The van der Waals surface area contributed by atoms with Crippen molar-refractivity contribution in [2.24, 2.45) is 4.99 Å². The highest BCUT2D eigenvalue weighted by molar-refractivity contribution is 5.80. The largest absolute Gasteiger partial charge is 0.455 e. The Morgan fingerprint density at radius 3 is 2.54 bits per heavy atom. The minimum atomic E-state index is -4.44. The molecule has 0 aliphatic heterocycles. The van der Waals surface area contributed by atoms with Gasteiger partial charge in [0, 0.05) is 17.7 Å². The summed E-state index contributed by atoms with van der Waals surface area (Å²) in [4.78, 5) is 14.3. The molecule has 0 saturated carbocycles. The third kappa shape index (κ3) is 3.97. The molecule has 0 amide bonds. The molecule has 0 spiro atoms. The van der Waals surface area contributed by atoms with Gasteiger partial charge in [0.2, 0.25) is 0 Å². The van der Waals surface area contributed by atoms with Crippen molar-refractivity contribution >= 4 is 17.6 Å². The van der Waals surface area contributed by atoms with Crippen LogP contribution in [0.5, 0.6) is 0 Å². The summed E-state index contributed by atoms with van der Waals surface area (Å²) in [5, 5.41) is 10.8. The van der Waals surface area contributed by atoms with E-state index < -0.39 is 16.7 Å². The molecule has 0 saturated heterocycles. The van der Waals surface area contributed by atoms with E-state index in [1.807, 2.05) is 0 Å². The third-order valence-corrected chi connectivity index (χ3v) is 3.48. The molecule has 3 aromatic rings. The van der Waals surface area contributed by atoms with E-state index >= 15 is 0 Å². The zero-order chi connectivity index (χ0) is 18.7. The van der Waals surface area contributed by atoms with E-state index in [0.29, 0.717) is 17.1 Å². The first-order chi connectivity index (χ1) is 12.3. The second-order valence-corrected chi connectivity index (χ2v) is 5.32. The molecule has 8 heteroatoms. The molecule has 5 nitrogen and oxygen atoms in total. The molecule has 0 unspecified atom stereocenters. The van der Waals surface area contributed by atoms with Crippen molar-refractivity contribution in [2.45, 2.75) is 6.18 Å². The number of alkyl halides is 3. The molecular weight excluding hydrogens is 349 g/mol. The predicted octanol–water partition coefficient (Wildman–Crippen LogP) is 5.62. The van der Waals surface area contributed by atoms with Crippen molar-refractivity contribution in [3.63, 3.8) is 0 Å². The standard InChI is InChI=1S/C18H11F3N2O3/c19-18(20,21)13-4-2-5-14(10-13)22-11-16-7-8-17(26-16)12-3-1-6-15(9-12)23(24)25/h1-11H. The second-order valence-electron chi connectivity index (χ2n) is 5.32. The summed E-state index contributed by atoms with van der Waals surface area (Å²) in [6.45, 7) is 0. The lowest BCUT2D eigenvalue weighted by Gasteiger charge is -2.06. The number of hydrogen-bond donors (Lipinski definition) is 0. The highest BCUT2D eigenvalue weighted by atomic mass is 19.4. The molecular formula is C18H11F3N2O3. The van der Waals surface area contributed by atoms with Crippen molar-refractivity contribution in [1.82, 2.24) is 0 Å². The van der Waals surface area contributed by atoms with Gasteiger partial charge in [0.15, 0.2) is 0 Å². The van der Waals surface area contributed by atoms with E-state index in [0.717, 1.165) is 12.1 Å². The number of furan rings is 1. The molecule has 0 aliphatic rings.